The number of fused-ring (bicyclic) bond motifs is 2. The van der Waals surface area contributed by atoms with E-state index in [0.29, 0.717) is 36.4 Å². The zero-order chi connectivity index (χ0) is 26.5. The highest BCUT2D eigenvalue weighted by Gasteiger charge is 2.35. The van der Waals surface area contributed by atoms with E-state index in [1.165, 1.54) is 31.0 Å². The number of hydrogen-bond donors (Lipinski definition) is 3. The van der Waals surface area contributed by atoms with Crippen molar-refractivity contribution >= 4 is 23.5 Å². The molecule has 0 spiro atoms. The van der Waals surface area contributed by atoms with E-state index in [1.807, 2.05) is 11.9 Å². The van der Waals surface area contributed by atoms with Crippen LogP contribution in [-0.2, 0) is 16.0 Å². The van der Waals surface area contributed by atoms with Crippen LogP contribution in [-0.4, -0.2) is 59.9 Å². The van der Waals surface area contributed by atoms with Crippen molar-refractivity contribution in [1.82, 2.24) is 9.62 Å². The fourth-order valence-electron chi connectivity index (χ4n) is 5.95. The maximum atomic E-state index is 15.1. The number of benzene rings is 2. The first-order valence-corrected chi connectivity index (χ1v) is 14.8. The summed E-state index contributed by atoms with van der Waals surface area (Å²) in [5.41, 5.74) is 8.28. The molecule has 1 amide bonds. The number of nitrogens with two attached hydrogens (primary N) is 1. The van der Waals surface area contributed by atoms with Gasteiger partial charge in [0.1, 0.15) is 11.6 Å². The molecule has 0 saturated carbocycles. The summed E-state index contributed by atoms with van der Waals surface area (Å²) in [6.45, 7) is 2.51. The van der Waals surface area contributed by atoms with Crippen LogP contribution in [0.1, 0.15) is 55.6 Å². The van der Waals surface area contributed by atoms with E-state index in [0.717, 1.165) is 50.1 Å². The molecule has 5 rings (SSSR count). The number of nitrogens with zero attached hydrogens (tertiary/aromatic N) is 1. The van der Waals surface area contributed by atoms with Crippen molar-refractivity contribution in [2.75, 3.05) is 30.8 Å². The molecule has 2 bridgehead atoms. The zero-order valence-corrected chi connectivity index (χ0v) is 22.5. The van der Waals surface area contributed by atoms with Gasteiger partial charge in [-0.1, -0.05) is 30.1 Å². The molecule has 3 saturated heterocycles. The second-order valence-electron chi connectivity index (χ2n) is 10.6. The Morgan fingerprint density at radius 2 is 2.00 bits per heavy atom. The van der Waals surface area contributed by atoms with Gasteiger partial charge in [0.05, 0.1) is 12.1 Å². The third-order valence-electron chi connectivity index (χ3n) is 8.07. The number of amides is 1. The summed E-state index contributed by atoms with van der Waals surface area (Å²) in [4.78, 5) is 13.5. The third kappa shape index (κ3) is 6.57. The molecule has 3 aliphatic rings. The minimum atomic E-state index is -0.937. The lowest BCUT2D eigenvalue weighted by Gasteiger charge is -2.37. The lowest BCUT2D eigenvalue weighted by molar-refractivity contribution is -0.119. The predicted molar refractivity (Wildman–Crippen MR) is 148 cm³/mol. The van der Waals surface area contributed by atoms with Gasteiger partial charge in [0.15, 0.2) is 0 Å². The Labute approximate surface area is 228 Å². The van der Waals surface area contributed by atoms with Crippen LogP contribution in [0, 0.1) is 11.6 Å². The van der Waals surface area contributed by atoms with Crippen molar-refractivity contribution in [1.29, 1.82) is 0 Å². The molecule has 0 aromatic heterocycles. The van der Waals surface area contributed by atoms with Gasteiger partial charge in [0.25, 0.3) is 0 Å². The van der Waals surface area contributed by atoms with Crippen molar-refractivity contribution < 1.29 is 18.3 Å². The van der Waals surface area contributed by atoms with Crippen molar-refractivity contribution in [2.24, 2.45) is 5.73 Å². The van der Waals surface area contributed by atoms with Crippen molar-refractivity contribution in [3.63, 3.8) is 0 Å². The fourth-order valence-corrected chi connectivity index (χ4v) is 7.16. The summed E-state index contributed by atoms with van der Waals surface area (Å²) in [5, 5.41) is 6.57. The molecular formula is C29H38F2N4O2S. The number of carbonyl (C=O) groups is 1. The van der Waals surface area contributed by atoms with Crippen LogP contribution in [0.15, 0.2) is 42.5 Å². The van der Waals surface area contributed by atoms with Gasteiger partial charge in [-0.3, -0.25) is 4.79 Å². The monoisotopic (exact) mass is 544 g/mol. The van der Waals surface area contributed by atoms with Crippen molar-refractivity contribution in [3.8, 4) is 0 Å². The summed E-state index contributed by atoms with van der Waals surface area (Å²) < 4.78 is 37.2. The number of carbonyl (C=O) groups excluding carboxylic acids is 1. The summed E-state index contributed by atoms with van der Waals surface area (Å²) in [5.74, 6) is -0.387. The molecule has 4 N–H and O–H groups in total. The summed E-state index contributed by atoms with van der Waals surface area (Å²) >= 11 is 1.90. The summed E-state index contributed by atoms with van der Waals surface area (Å²) in [6.07, 6.45) is 6.19. The van der Waals surface area contributed by atoms with Crippen LogP contribution in [0.25, 0.3) is 0 Å². The minimum absolute atomic E-state index is 0.240. The quantitative estimate of drug-likeness (QED) is 0.422. The molecule has 206 valence electrons. The van der Waals surface area contributed by atoms with Crippen LogP contribution in [0.5, 0.6) is 0 Å². The molecule has 0 radical (unpaired) electrons. The first kappa shape index (κ1) is 27.5. The van der Waals surface area contributed by atoms with E-state index in [2.05, 4.69) is 14.9 Å². The second kappa shape index (κ2) is 12.9. The molecule has 6 nitrogen and oxygen atoms in total. The van der Waals surface area contributed by atoms with Gasteiger partial charge in [0.2, 0.25) is 5.91 Å². The highest BCUT2D eigenvalue weighted by molar-refractivity contribution is 7.97. The van der Waals surface area contributed by atoms with Gasteiger partial charge in [0, 0.05) is 54.7 Å². The smallest absolute Gasteiger partial charge is 0.242 e. The minimum Gasteiger partial charge on any atom is -0.378 e. The van der Waals surface area contributed by atoms with E-state index >= 15 is 4.39 Å². The molecule has 38 heavy (non-hydrogen) atoms. The number of piperazine rings is 1. The molecule has 3 aliphatic heterocycles. The van der Waals surface area contributed by atoms with Gasteiger partial charge >= 0.3 is 0 Å². The number of ether oxygens (including phenoxy) is 1. The van der Waals surface area contributed by atoms with Crippen LogP contribution >= 0.6 is 11.9 Å². The van der Waals surface area contributed by atoms with Crippen LogP contribution in [0.4, 0.5) is 14.5 Å². The SMILES string of the molecule is N[C@H](C(=O)Nc1cccc(F)c1CCC1CN[C@@H]2CCCSN1C2)C(c1ccc(F)cc1)C1CCCCO1. The lowest BCUT2D eigenvalue weighted by Crippen LogP contribution is -2.53. The molecule has 3 heterocycles. The van der Waals surface area contributed by atoms with Gasteiger partial charge < -0.3 is 21.1 Å². The lowest BCUT2D eigenvalue weighted by atomic mass is 9.83. The summed E-state index contributed by atoms with van der Waals surface area (Å²) in [7, 11) is 0. The molecule has 6 atom stereocenters. The number of halogens is 2. The zero-order valence-electron chi connectivity index (χ0n) is 21.7. The van der Waals surface area contributed by atoms with Gasteiger partial charge in [-0.2, -0.15) is 0 Å². The maximum absolute atomic E-state index is 15.1. The third-order valence-corrected chi connectivity index (χ3v) is 9.32. The standard InChI is InChI=1S/C29H38F2N4O2S/c30-20-11-9-19(10-12-20)27(26-8-1-2-15-37-26)28(32)29(36)34-25-7-3-6-24(31)23(25)14-13-22-17-33-21-5-4-16-38-35(22)18-21/h3,6-7,9-12,21-22,26-28,33H,1-2,4-5,8,13-18,32H2,(H,34,36)/t21-,22?,26?,27?,28+/m1/s1. The number of anilines is 1. The van der Waals surface area contributed by atoms with E-state index in [4.69, 9.17) is 10.5 Å². The Hall–Kier alpha value is -2.04. The van der Waals surface area contributed by atoms with Gasteiger partial charge in [-0.05, 0) is 74.8 Å². The van der Waals surface area contributed by atoms with Crippen molar-refractivity contribution in [2.45, 2.75) is 75.1 Å². The number of rotatable bonds is 8. The van der Waals surface area contributed by atoms with Crippen LogP contribution < -0.4 is 16.4 Å². The molecule has 9 heteroatoms. The largest absolute Gasteiger partial charge is 0.378 e. The average Bonchev–Trinajstić information content (AvgIpc) is 3.12. The maximum Gasteiger partial charge on any atom is 0.242 e. The normalized spacial score (nSPS) is 27.2. The molecule has 0 aliphatic carbocycles. The second-order valence-corrected chi connectivity index (χ2v) is 11.8. The molecular weight excluding hydrogens is 506 g/mol. The Balaban J connectivity index is 1.30. The molecule has 2 aromatic carbocycles. The topological polar surface area (TPSA) is 79.6 Å². The van der Waals surface area contributed by atoms with Gasteiger partial charge in [-0.15, -0.1) is 0 Å². The molecule has 3 fully saturated rings. The Bertz CT molecular complexity index is 1080. The fraction of sp³-hybridized carbons (Fsp3) is 0.552. The van der Waals surface area contributed by atoms with E-state index in [1.54, 1.807) is 24.3 Å². The summed E-state index contributed by atoms with van der Waals surface area (Å²) in [6, 6.07) is 10.8. The first-order chi connectivity index (χ1) is 18.5. The van der Waals surface area contributed by atoms with Crippen molar-refractivity contribution in [3.05, 3.63) is 65.2 Å². The Morgan fingerprint density at radius 3 is 2.79 bits per heavy atom. The highest BCUT2D eigenvalue weighted by Crippen LogP contribution is 2.33. The highest BCUT2D eigenvalue weighted by atomic mass is 32.2. The van der Waals surface area contributed by atoms with E-state index in [9.17, 15) is 9.18 Å². The predicted octanol–water partition coefficient (Wildman–Crippen LogP) is 4.60. The van der Waals surface area contributed by atoms with Crippen LogP contribution in [0.2, 0.25) is 0 Å². The Kier molecular flexibility index (Phi) is 9.33. The Morgan fingerprint density at radius 1 is 1.16 bits per heavy atom. The molecule has 4 unspecified atom stereocenters. The van der Waals surface area contributed by atoms with Gasteiger partial charge in [-0.25, -0.2) is 13.1 Å². The number of nitrogens with one attached hydrogen (secondary N) is 2. The van der Waals surface area contributed by atoms with E-state index in [-0.39, 0.29) is 17.7 Å². The van der Waals surface area contributed by atoms with Crippen LogP contribution in [0.3, 0.4) is 0 Å². The van der Waals surface area contributed by atoms with E-state index < -0.39 is 17.9 Å². The first-order valence-electron chi connectivity index (χ1n) is 13.8. The molecule has 2 aromatic rings. The number of hydrogen-bond acceptors (Lipinski definition) is 6. The average molecular weight is 545 g/mol.